The highest BCUT2D eigenvalue weighted by Crippen LogP contribution is 2.38. The first kappa shape index (κ1) is 10.6. The Morgan fingerprint density at radius 2 is 2.31 bits per heavy atom. The number of benzene rings is 1. The fraction of sp³-hybridized carbons (Fsp3) is 0.364. The summed E-state index contributed by atoms with van der Waals surface area (Å²) in [5, 5.41) is 5.58. The molecule has 1 aliphatic heterocycles. The molecule has 2 rings (SSSR count). The molecule has 1 aromatic carbocycles. The molecule has 1 N–H and O–H groups in total. The molecule has 0 atom stereocenters. The van der Waals surface area contributed by atoms with Crippen molar-refractivity contribution in [3.05, 3.63) is 22.6 Å². The summed E-state index contributed by atoms with van der Waals surface area (Å²) in [7, 11) is 0. The number of rotatable bonds is 2. The van der Waals surface area contributed by atoms with E-state index in [1.165, 1.54) is 6.92 Å². The van der Waals surface area contributed by atoms with Crippen molar-refractivity contribution in [1.29, 1.82) is 0 Å². The van der Waals surface area contributed by atoms with Crippen LogP contribution in [0.1, 0.15) is 18.9 Å². The number of ether oxygens (including phenoxy) is 1. The average Bonchev–Trinajstić information content (AvgIpc) is 2.28. The molecule has 16 heavy (non-hydrogen) atoms. The first-order valence-corrected chi connectivity index (χ1v) is 5.12. The van der Waals surface area contributed by atoms with Gasteiger partial charge in [0.25, 0.3) is 0 Å². The smallest absolute Gasteiger partial charge is 0.221 e. The maximum absolute atomic E-state index is 11.0. The number of carbonyl (C=O) groups excluding carboxylic acids is 1. The molecule has 0 saturated heterocycles. The van der Waals surface area contributed by atoms with Crippen LogP contribution in [-0.2, 0) is 11.2 Å². The number of hydrogen-bond acceptors (Lipinski definition) is 4. The van der Waals surface area contributed by atoms with Gasteiger partial charge in [0.2, 0.25) is 5.91 Å². The van der Waals surface area contributed by atoms with Crippen LogP contribution < -0.4 is 10.1 Å². The van der Waals surface area contributed by atoms with Gasteiger partial charge in [0.15, 0.2) is 0 Å². The minimum atomic E-state index is -0.221. The van der Waals surface area contributed by atoms with Gasteiger partial charge in [0.05, 0.1) is 12.3 Å². The van der Waals surface area contributed by atoms with Crippen molar-refractivity contribution in [3.8, 4) is 5.75 Å². The predicted molar refractivity (Wildman–Crippen MR) is 60.0 cm³/mol. The molecule has 5 nitrogen and oxygen atoms in total. The van der Waals surface area contributed by atoms with Crippen LogP contribution >= 0.6 is 0 Å². The Balaban J connectivity index is 2.47. The normalized spacial score (nSPS) is 13.6. The number of fused-ring (bicyclic) bond motifs is 1. The molecule has 84 valence electrons. The van der Waals surface area contributed by atoms with Crippen molar-refractivity contribution in [1.82, 2.24) is 0 Å². The van der Waals surface area contributed by atoms with E-state index < -0.39 is 0 Å². The van der Waals surface area contributed by atoms with E-state index >= 15 is 0 Å². The second-order valence-corrected chi connectivity index (χ2v) is 3.66. The number of nitrogens with zero attached hydrogens (tertiary/aromatic N) is 1. The van der Waals surface area contributed by atoms with E-state index in [9.17, 15) is 9.70 Å². The van der Waals surface area contributed by atoms with Crippen LogP contribution in [0.4, 0.5) is 11.4 Å². The minimum absolute atomic E-state index is 0.221. The molecule has 1 aliphatic rings. The third-order valence-electron chi connectivity index (χ3n) is 2.47. The molecule has 0 unspecified atom stereocenters. The Labute approximate surface area is 92.8 Å². The van der Waals surface area contributed by atoms with E-state index in [2.05, 4.69) is 10.5 Å². The molecule has 0 aromatic heterocycles. The fourth-order valence-electron chi connectivity index (χ4n) is 1.82. The Morgan fingerprint density at radius 1 is 1.50 bits per heavy atom. The summed E-state index contributed by atoms with van der Waals surface area (Å²) in [6.07, 6.45) is 1.61. The molecule has 1 aromatic rings. The minimum Gasteiger partial charge on any atom is -0.493 e. The maximum atomic E-state index is 11.0. The van der Waals surface area contributed by atoms with Crippen molar-refractivity contribution < 1.29 is 9.53 Å². The summed E-state index contributed by atoms with van der Waals surface area (Å²) in [5.41, 5.74) is 1.52. The molecule has 0 bridgehead atoms. The van der Waals surface area contributed by atoms with Crippen molar-refractivity contribution in [3.63, 3.8) is 0 Å². The standard InChI is InChI=1S/C11H12N2O3/c1-7(14)12-9-4-5-10-8(11(9)13-15)3-2-6-16-10/h4-5H,2-3,6H2,1H3,(H,12,14). The number of nitrogens with one attached hydrogen (secondary N) is 1. The van der Waals surface area contributed by atoms with Gasteiger partial charge in [-0.25, -0.2) is 0 Å². The molecule has 0 fully saturated rings. The van der Waals surface area contributed by atoms with E-state index in [1.807, 2.05) is 0 Å². The molecule has 1 amide bonds. The van der Waals surface area contributed by atoms with Crippen LogP contribution in [0.25, 0.3) is 0 Å². The number of anilines is 1. The zero-order valence-corrected chi connectivity index (χ0v) is 8.95. The summed E-state index contributed by atoms with van der Waals surface area (Å²) in [6.45, 7) is 2.05. The molecule has 0 aliphatic carbocycles. The monoisotopic (exact) mass is 220 g/mol. The molecule has 0 spiro atoms. The van der Waals surface area contributed by atoms with Crippen LogP contribution in [0.2, 0.25) is 0 Å². The lowest BCUT2D eigenvalue weighted by molar-refractivity contribution is -0.114. The lowest BCUT2D eigenvalue weighted by Gasteiger charge is -2.19. The maximum Gasteiger partial charge on any atom is 0.221 e. The Kier molecular flexibility index (Phi) is 2.85. The average molecular weight is 220 g/mol. The number of amides is 1. The SMILES string of the molecule is CC(=O)Nc1ccc2c(c1N=O)CCCO2. The van der Waals surface area contributed by atoms with E-state index in [0.717, 1.165) is 18.4 Å². The first-order chi connectivity index (χ1) is 7.72. The molecular formula is C11H12N2O3. The van der Waals surface area contributed by atoms with Gasteiger partial charge in [-0.2, -0.15) is 0 Å². The predicted octanol–water partition coefficient (Wildman–Crippen LogP) is 2.37. The Bertz CT molecular complexity index is 443. The molecule has 1 heterocycles. The quantitative estimate of drug-likeness (QED) is 0.778. The summed E-state index contributed by atoms with van der Waals surface area (Å²) < 4.78 is 5.41. The Hall–Kier alpha value is -1.91. The van der Waals surface area contributed by atoms with E-state index in [-0.39, 0.29) is 11.6 Å². The third-order valence-corrected chi connectivity index (χ3v) is 2.47. The third kappa shape index (κ3) is 1.88. The zero-order valence-electron chi connectivity index (χ0n) is 8.95. The second kappa shape index (κ2) is 4.30. The highest BCUT2D eigenvalue weighted by Gasteiger charge is 2.18. The van der Waals surface area contributed by atoms with Gasteiger partial charge in [-0.15, -0.1) is 4.91 Å². The van der Waals surface area contributed by atoms with Gasteiger partial charge in [-0.3, -0.25) is 4.79 Å². The molecule has 0 radical (unpaired) electrons. The summed E-state index contributed by atoms with van der Waals surface area (Å²) >= 11 is 0. The topological polar surface area (TPSA) is 67.8 Å². The van der Waals surface area contributed by atoms with Gasteiger partial charge < -0.3 is 10.1 Å². The highest BCUT2D eigenvalue weighted by molar-refractivity contribution is 5.93. The lowest BCUT2D eigenvalue weighted by Crippen LogP contribution is -2.11. The highest BCUT2D eigenvalue weighted by atomic mass is 16.5. The Morgan fingerprint density at radius 3 is 3.00 bits per heavy atom. The summed E-state index contributed by atoms with van der Waals surface area (Å²) in [4.78, 5) is 21.8. The van der Waals surface area contributed by atoms with Crippen molar-refractivity contribution in [2.75, 3.05) is 11.9 Å². The number of hydrogen-bond donors (Lipinski definition) is 1. The largest absolute Gasteiger partial charge is 0.493 e. The number of nitroso groups, excluding NO2 is 1. The van der Waals surface area contributed by atoms with Gasteiger partial charge in [0.1, 0.15) is 11.4 Å². The van der Waals surface area contributed by atoms with Crippen LogP contribution in [-0.4, -0.2) is 12.5 Å². The number of carbonyl (C=O) groups is 1. The van der Waals surface area contributed by atoms with Gasteiger partial charge in [0, 0.05) is 12.5 Å². The van der Waals surface area contributed by atoms with Crippen molar-refractivity contribution >= 4 is 17.3 Å². The van der Waals surface area contributed by atoms with Crippen molar-refractivity contribution in [2.24, 2.45) is 5.18 Å². The van der Waals surface area contributed by atoms with Gasteiger partial charge in [-0.1, -0.05) is 0 Å². The summed E-state index contributed by atoms with van der Waals surface area (Å²) in [5.74, 6) is 0.469. The van der Waals surface area contributed by atoms with Gasteiger partial charge in [-0.05, 0) is 30.2 Å². The van der Waals surface area contributed by atoms with Crippen LogP contribution in [0, 0.1) is 4.91 Å². The first-order valence-electron chi connectivity index (χ1n) is 5.12. The molecular weight excluding hydrogens is 208 g/mol. The lowest BCUT2D eigenvalue weighted by atomic mass is 10.0. The van der Waals surface area contributed by atoms with Gasteiger partial charge >= 0.3 is 0 Å². The van der Waals surface area contributed by atoms with Crippen LogP contribution in [0.5, 0.6) is 5.75 Å². The zero-order chi connectivity index (χ0) is 11.5. The van der Waals surface area contributed by atoms with E-state index in [1.54, 1.807) is 12.1 Å². The molecule has 0 saturated carbocycles. The summed E-state index contributed by atoms with van der Waals surface area (Å²) in [6, 6.07) is 3.40. The molecule has 5 heteroatoms. The fourth-order valence-corrected chi connectivity index (χ4v) is 1.82. The van der Waals surface area contributed by atoms with Crippen LogP contribution in [0.3, 0.4) is 0 Å². The second-order valence-electron chi connectivity index (χ2n) is 3.66. The van der Waals surface area contributed by atoms with E-state index in [0.29, 0.717) is 18.0 Å². The van der Waals surface area contributed by atoms with E-state index in [4.69, 9.17) is 4.74 Å². The van der Waals surface area contributed by atoms with Crippen molar-refractivity contribution in [2.45, 2.75) is 19.8 Å². The van der Waals surface area contributed by atoms with Crippen LogP contribution in [0.15, 0.2) is 17.3 Å².